The van der Waals surface area contributed by atoms with Crippen LogP contribution >= 0.6 is 0 Å². The molecule has 1 unspecified atom stereocenters. The molecule has 22 nitrogen and oxygen atoms in total. The molecule has 56 heavy (non-hydrogen) atoms. The third kappa shape index (κ3) is 11.6. The largest absolute Gasteiger partial charge is 0.463 e. The lowest BCUT2D eigenvalue weighted by Gasteiger charge is -2.48. The van der Waals surface area contributed by atoms with Gasteiger partial charge in [-0.2, -0.15) is 0 Å². The van der Waals surface area contributed by atoms with E-state index in [0.717, 1.165) is 27.7 Å². The first-order chi connectivity index (χ1) is 26.7. The minimum atomic E-state index is -2.11. The molecule has 2 aliphatic heterocycles. The van der Waals surface area contributed by atoms with Gasteiger partial charge in [0.25, 0.3) is 5.09 Å². The predicted octanol–water partition coefficient (Wildman–Crippen LogP) is 2.15. The average molecular weight is 789 g/mol. The molecule has 4 rings (SSSR count). The van der Waals surface area contributed by atoms with Crippen LogP contribution in [0, 0.1) is 10.1 Å². The van der Waals surface area contributed by atoms with Crippen molar-refractivity contribution in [3.8, 4) is 0 Å². The van der Waals surface area contributed by atoms with Gasteiger partial charge in [-0.1, -0.05) is 41.5 Å². The van der Waals surface area contributed by atoms with Crippen LogP contribution in [0.4, 0.5) is 0 Å². The Balaban J connectivity index is 1.86. The Labute approximate surface area is 316 Å². The Kier molecular flexibility index (Phi) is 15.0. The summed E-state index contributed by atoms with van der Waals surface area (Å²) < 4.78 is 50.8. The molecular formula is C34H36N4O18. The lowest BCUT2D eigenvalue weighted by Crippen LogP contribution is -2.66. The molecular weight excluding hydrogens is 752 g/mol. The molecule has 0 N–H and O–H groups in total. The van der Waals surface area contributed by atoms with Gasteiger partial charge in [0.15, 0.2) is 24.6 Å². The van der Waals surface area contributed by atoms with Crippen molar-refractivity contribution < 1.29 is 81.3 Å². The first kappa shape index (κ1) is 42.4. The molecule has 2 fully saturated rings. The second-order valence-corrected chi connectivity index (χ2v) is 11.9. The van der Waals surface area contributed by atoms with E-state index in [1.54, 1.807) is 24.3 Å². The van der Waals surface area contributed by atoms with Gasteiger partial charge in [-0.25, -0.2) is 9.59 Å². The standard InChI is InChI=1S/C34H36N4O18/c1-17(39)47-15-23-27(49-18(2)40)29(50-19(3)41)30(51-20(4)42)34(53-23)55-26-24(16-48-31(43)21-11-7-5-8-12-21)52-33(56-38(45)46)25(36-37-35)28(26)54-32(44)22-13-9-6-10-14-22/h5-14,23-30,33-34H,15-16H2,1-4H3/t23-,24-,25-,26+,27+,28-,29+,30-,33?,34+/m1/s1. The molecule has 0 aliphatic carbocycles. The topological polar surface area (TPSA) is 287 Å². The van der Waals surface area contributed by atoms with E-state index in [2.05, 4.69) is 14.9 Å². The van der Waals surface area contributed by atoms with Gasteiger partial charge >= 0.3 is 35.8 Å². The molecule has 0 bridgehead atoms. The lowest BCUT2D eigenvalue weighted by molar-refractivity contribution is -0.783. The Hall–Kier alpha value is -6.35. The molecule has 300 valence electrons. The Morgan fingerprint density at radius 3 is 1.70 bits per heavy atom. The van der Waals surface area contributed by atoms with Crippen LogP contribution in [0.2, 0.25) is 0 Å². The molecule has 2 aromatic rings. The van der Waals surface area contributed by atoms with E-state index in [0.29, 0.717) is 0 Å². The normalized spacial score (nSPS) is 26.9. The highest BCUT2D eigenvalue weighted by atomic mass is 17.0. The molecule has 2 aliphatic rings. The van der Waals surface area contributed by atoms with Crippen molar-refractivity contribution in [3.05, 3.63) is 92.3 Å². The zero-order chi connectivity index (χ0) is 40.9. The average Bonchev–Trinajstić information content (AvgIpc) is 3.14. The van der Waals surface area contributed by atoms with Crippen LogP contribution in [0.5, 0.6) is 0 Å². The van der Waals surface area contributed by atoms with Gasteiger partial charge in [0, 0.05) is 32.6 Å². The molecule has 2 saturated heterocycles. The number of benzene rings is 2. The van der Waals surface area contributed by atoms with Crippen molar-refractivity contribution >= 4 is 35.8 Å². The van der Waals surface area contributed by atoms with Gasteiger partial charge < -0.3 is 42.6 Å². The van der Waals surface area contributed by atoms with E-state index < -0.39 is 115 Å². The number of nitrogens with zero attached hydrogens (tertiary/aromatic N) is 4. The summed E-state index contributed by atoms with van der Waals surface area (Å²) in [7, 11) is 0. The highest BCUT2D eigenvalue weighted by Crippen LogP contribution is 2.36. The van der Waals surface area contributed by atoms with Gasteiger partial charge in [-0.05, 0) is 29.8 Å². The summed E-state index contributed by atoms with van der Waals surface area (Å²) in [4.78, 5) is 94.6. The Morgan fingerprint density at radius 1 is 0.661 bits per heavy atom. The second-order valence-electron chi connectivity index (χ2n) is 11.9. The van der Waals surface area contributed by atoms with Gasteiger partial charge in [0.05, 0.1) is 11.1 Å². The van der Waals surface area contributed by atoms with Gasteiger partial charge in [0.2, 0.25) is 6.29 Å². The van der Waals surface area contributed by atoms with E-state index in [9.17, 15) is 44.4 Å². The summed E-state index contributed by atoms with van der Waals surface area (Å²) in [6, 6.07) is 13.0. The van der Waals surface area contributed by atoms with Crippen LogP contribution in [0.1, 0.15) is 48.4 Å². The van der Waals surface area contributed by atoms with Crippen molar-refractivity contribution in [1.29, 1.82) is 0 Å². The highest BCUT2D eigenvalue weighted by molar-refractivity contribution is 5.90. The number of azide groups is 1. The van der Waals surface area contributed by atoms with Crippen molar-refractivity contribution in [3.63, 3.8) is 0 Å². The van der Waals surface area contributed by atoms with Crippen molar-refractivity contribution in [2.75, 3.05) is 13.2 Å². The zero-order valence-electron chi connectivity index (χ0n) is 30.1. The molecule has 0 aromatic heterocycles. The molecule has 0 saturated carbocycles. The summed E-state index contributed by atoms with van der Waals surface area (Å²) in [6.07, 6.45) is -16.2. The maximum Gasteiger partial charge on any atom is 0.338 e. The van der Waals surface area contributed by atoms with E-state index in [-0.39, 0.29) is 11.1 Å². The number of esters is 6. The van der Waals surface area contributed by atoms with Crippen LogP contribution in [-0.2, 0) is 66.6 Å². The van der Waals surface area contributed by atoms with Crippen LogP contribution in [0.15, 0.2) is 65.8 Å². The molecule has 2 heterocycles. The molecule has 0 amide bonds. The van der Waals surface area contributed by atoms with Crippen LogP contribution in [0.25, 0.3) is 10.4 Å². The third-order valence-electron chi connectivity index (χ3n) is 7.87. The number of hydrogen-bond acceptors (Lipinski definition) is 19. The lowest BCUT2D eigenvalue weighted by atomic mass is 9.95. The summed E-state index contributed by atoms with van der Waals surface area (Å²) in [5.41, 5.74) is 9.57. The second kappa shape index (κ2) is 19.8. The molecule has 10 atom stereocenters. The Morgan fingerprint density at radius 2 is 1.16 bits per heavy atom. The minimum absolute atomic E-state index is 0.0384. The molecule has 0 spiro atoms. The number of carbonyl (C=O) groups is 6. The minimum Gasteiger partial charge on any atom is -0.463 e. The molecule has 0 radical (unpaired) electrons. The molecule has 22 heteroatoms. The molecule has 2 aromatic carbocycles. The smallest absolute Gasteiger partial charge is 0.338 e. The van der Waals surface area contributed by atoms with E-state index in [4.69, 9.17) is 42.6 Å². The van der Waals surface area contributed by atoms with Crippen LogP contribution < -0.4 is 0 Å². The third-order valence-corrected chi connectivity index (χ3v) is 7.87. The van der Waals surface area contributed by atoms with Crippen molar-refractivity contribution in [2.24, 2.45) is 5.11 Å². The Bertz CT molecular complexity index is 1790. The highest BCUT2D eigenvalue weighted by Gasteiger charge is 2.57. The first-order valence-corrected chi connectivity index (χ1v) is 16.6. The van der Waals surface area contributed by atoms with Crippen LogP contribution in [0.3, 0.4) is 0 Å². The maximum atomic E-state index is 13.5. The zero-order valence-corrected chi connectivity index (χ0v) is 30.1. The van der Waals surface area contributed by atoms with Gasteiger partial charge in [-0.15, -0.1) is 10.1 Å². The quantitative estimate of drug-likeness (QED) is 0.0475. The van der Waals surface area contributed by atoms with Crippen molar-refractivity contribution in [1.82, 2.24) is 0 Å². The van der Waals surface area contributed by atoms with Gasteiger partial charge in [-0.3, -0.25) is 24.0 Å². The van der Waals surface area contributed by atoms with E-state index >= 15 is 0 Å². The van der Waals surface area contributed by atoms with Gasteiger partial charge in [0.1, 0.15) is 43.7 Å². The number of carbonyl (C=O) groups excluding carboxylic acids is 6. The summed E-state index contributed by atoms with van der Waals surface area (Å²) in [6.45, 7) is 2.60. The first-order valence-electron chi connectivity index (χ1n) is 16.6. The number of ether oxygens (including phenoxy) is 9. The van der Waals surface area contributed by atoms with Crippen molar-refractivity contribution in [2.45, 2.75) is 89.0 Å². The summed E-state index contributed by atoms with van der Waals surface area (Å²) >= 11 is 0. The maximum absolute atomic E-state index is 13.5. The fourth-order valence-electron chi connectivity index (χ4n) is 5.71. The van der Waals surface area contributed by atoms with E-state index in [1.165, 1.54) is 36.4 Å². The fourth-order valence-corrected chi connectivity index (χ4v) is 5.71. The summed E-state index contributed by atoms with van der Waals surface area (Å²) in [5.74, 6) is -5.63. The number of hydrogen-bond donors (Lipinski definition) is 0. The SMILES string of the molecule is CC(=O)OC[C@H]1O[C@@H](O[C@@H]2[C@H](OC(=O)c3ccccc3)[C@@H](N=[N+]=[N-])C(O[N+](=O)[O-])O[C@@H]2COC(=O)c2ccccc2)[C@H](OC(C)=O)[C@@H](OC(C)=O)[C@H]1OC(C)=O. The predicted molar refractivity (Wildman–Crippen MR) is 179 cm³/mol. The number of rotatable bonds is 15. The summed E-state index contributed by atoms with van der Waals surface area (Å²) in [5, 5.41) is 13.9. The fraction of sp³-hybridized carbons (Fsp3) is 0.471. The monoisotopic (exact) mass is 788 g/mol. The van der Waals surface area contributed by atoms with Crippen LogP contribution in [-0.4, -0.2) is 115 Å². The van der Waals surface area contributed by atoms with E-state index in [1.807, 2.05) is 0 Å².